The predicted molar refractivity (Wildman–Crippen MR) is 98.5 cm³/mol. The topological polar surface area (TPSA) is 47.6 Å². The normalized spacial score (nSPS) is 10.2. The van der Waals surface area contributed by atoms with E-state index in [1.54, 1.807) is 24.3 Å². The number of rotatable bonds is 6. The Morgan fingerprint density at radius 2 is 1.65 bits per heavy atom. The van der Waals surface area contributed by atoms with Gasteiger partial charge in [0.1, 0.15) is 23.1 Å². The third kappa shape index (κ3) is 4.97. The van der Waals surface area contributed by atoms with Crippen molar-refractivity contribution in [2.24, 2.45) is 0 Å². The first kappa shape index (κ1) is 17.8. The van der Waals surface area contributed by atoms with Gasteiger partial charge in [0, 0.05) is 11.8 Å². The van der Waals surface area contributed by atoms with Crippen molar-refractivity contribution in [3.05, 3.63) is 83.6 Å². The number of hydrogen-bond donors (Lipinski definition) is 1. The lowest BCUT2D eigenvalue weighted by Crippen LogP contribution is -2.20. The molecule has 0 radical (unpaired) electrons. The van der Waals surface area contributed by atoms with Crippen molar-refractivity contribution < 1.29 is 18.7 Å². The number of halogens is 2. The molecule has 26 heavy (non-hydrogen) atoms. The fourth-order valence-corrected chi connectivity index (χ4v) is 2.35. The summed E-state index contributed by atoms with van der Waals surface area (Å²) in [5.41, 5.74) is 0.395. The minimum absolute atomic E-state index is 0.0607. The van der Waals surface area contributed by atoms with Gasteiger partial charge in [0.2, 0.25) is 0 Å². The molecule has 4 nitrogen and oxygen atoms in total. The van der Waals surface area contributed by atoms with Crippen molar-refractivity contribution in [1.82, 2.24) is 0 Å². The van der Waals surface area contributed by atoms with Crippen LogP contribution in [0, 0.1) is 5.82 Å². The Bertz CT molecular complexity index is 903. The summed E-state index contributed by atoms with van der Waals surface area (Å²) in [4.78, 5) is 12.0. The maximum atomic E-state index is 13.1. The van der Waals surface area contributed by atoms with Gasteiger partial charge in [0.15, 0.2) is 6.61 Å². The second-order valence-corrected chi connectivity index (χ2v) is 5.76. The van der Waals surface area contributed by atoms with E-state index in [0.717, 1.165) is 0 Å². The molecular formula is C20H15ClFNO3. The third-order valence-corrected chi connectivity index (χ3v) is 3.65. The van der Waals surface area contributed by atoms with Gasteiger partial charge in [-0.15, -0.1) is 0 Å². The van der Waals surface area contributed by atoms with Crippen LogP contribution in [-0.4, -0.2) is 12.5 Å². The molecule has 0 saturated heterocycles. The monoisotopic (exact) mass is 371 g/mol. The van der Waals surface area contributed by atoms with Crippen molar-refractivity contribution >= 4 is 23.2 Å². The molecule has 0 aromatic heterocycles. The van der Waals surface area contributed by atoms with E-state index >= 15 is 0 Å². The highest BCUT2D eigenvalue weighted by Gasteiger charge is 2.07. The molecule has 3 aromatic carbocycles. The molecule has 1 amide bonds. The van der Waals surface area contributed by atoms with Gasteiger partial charge in [-0.2, -0.15) is 0 Å². The molecule has 0 unspecified atom stereocenters. The van der Waals surface area contributed by atoms with Crippen LogP contribution in [0.2, 0.25) is 5.02 Å². The summed E-state index contributed by atoms with van der Waals surface area (Å²) >= 11 is 5.68. The molecule has 0 heterocycles. The lowest BCUT2D eigenvalue weighted by Gasteiger charge is -2.10. The Balaban J connectivity index is 1.56. The zero-order valence-corrected chi connectivity index (χ0v) is 14.4. The van der Waals surface area contributed by atoms with Crippen LogP contribution in [0.25, 0.3) is 0 Å². The Hall–Kier alpha value is -3.05. The van der Waals surface area contributed by atoms with Crippen LogP contribution < -0.4 is 14.8 Å². The molecule has 0 aliphatic carbocycles. The number of carbonyl (C=O) groups excluding carboxylic acids is 1. The molecule has 0 bridgehead atoms. The number of hydrogen-bond acceptors (Lipinski definition) is 3. The first-order valence-electron chi connectivity index (χ1n) is 7.81. The average molecular weight is 372 g/mol. The highest BCUT2D eigenvalue weighted by molar-refractivity contribution is 6.31. The lowest BCUT2D eigenvalue weighted by atomic mass is 10.3. The minimum Gasteiger partial charge on any atom is -0.484 e. The van der Waals surface area contributed by atoms with Crippen LogP contribution in [0.15, 0.2) is 72.8 Å². The fourth-order valence-electron chi connectivity index (χ4n) is 2.17. The van der Waals surface area contributed by atoms with Crippen LogP contribution in [0.1, 0.15) is 0 Å². The molecule has 1 N–H and O–H groups in total. The highest BCUT2D eigenvalue weighted by Crippen LogP contribution is 2.25. The summed E-state index contributed by atoms with van der Waals surface area (Å²) in [6.45, 7) is -0.205. The second-order valence-electron chi connectivity index (χ2n) is 5.36. The van der Waals surface area contributed by atoms with Gasteiger partial charge in [-0.3, -0.25) is 4.79 Å². The van der Waals surface area contributed by atoms with E-state index in [0.29, 0.717) is 22.9 Å². The van der Waals surface area contributed by atoms with E-state index in [1.165, 1.54) is 18.2 Å². The number of nitrogens with one attached hydrogen (secondary N) is 1. The van der Waals surface area contributed by atoms with Crippen LogP contribution in [0.5, 0.6) is 17.2 Å². The molecule has 3 rings (SSSR count). The van der Waals surface area contributed by atoms with E-state index in [9.17, 15) is 9.18 Å². The largest absolute Gasteiger partial charge is 0.484 e. The Labute approximate surface area is 155 Å². The van der Waals surface area contributed by atoms with Crippen LogP contribution >= 0.6 is 11.6 Å². The van der Waals surface area contributed by atoms with Gasteiger partial charge in [-0.25, -0.2) is 4.39 Å². The predicted octanol–water partition coefficient (Wildman–Crippen LogP) is 5.29. The smallest absolute Gasteiger partial charge is 0.262 e. The van der Waals surface area contributed by atoms with Crippen LogP contribution in [0.4, 0.5) is 10.1 Å². The molecule has 0 aliphatic rings. The number of anilines is 1. The Morgan fingerprint density at radius 3 is 2.42 bits per heavy atom. The maximum absolute atomic E-state index is 13.1. The minimum atomic E-state index is -0.545. The number of carbonyl (C=O) groups is 1. The van der Waals surface area contributed by atoms with E-state index in [2.05, 4.69) is 5.32 Å². The van der Waals surface area contributed by atoms with E-state index < -0.39 is 5.82 Å². The van der Waals surface area contributed by atoms with Crippen molar-refractivity contribution in [2.45, 2.75) is 0 Å². The van der Waals surface area contributed by atoms with Crippen molar-refractivity contribution in [3.63, 3.8) is 0 Å². The average Bonchev–Trinajstić information content (AvgIpc) is 2.64. The lowest BCUT2D eigenvalue weighted by molar-refractivity contribution is -0.118. The SMILES string of the molecule is O=C(COc1cccc(Oc2ccccc2)c1)Nc1ccc(F)c(Cl)c1. The number of benzene rings is 3. The summed E-state index contributed by atoms with van der Waals surface area (Å²) in [6, 6.07) is 20.3. The van der Waals surface area contributed by atoms with Crippen molar-refractivity contribution in [3.8, 4) is 17.2 Å². The van der Waals surface area contributed by atoms with Crippen molar-refractivity contribution in [1.29, 1.82) is 0 Å². The summed E-state index contributed by atoms with van der Waals surface area (Å²) in [6.07, 6.45) is 0. The molecular weight excluding hydrogens is 357 g/mol. The summed E-state index contributed by atoms with van der Waals surface area (Å²) < 4.78 is 24.3. The Kier molecular flexibility index (Phi) is 5.71. The first-order chi connectivity index (χ1) is 12.6. The Morgan fingerprint density at radius 1 is 0.923 bits per heavy atom. The molecule has 132 valence electrons. The van der Waals surface area contributed by atoms with Crippen LogP contribution in [0.3, 0.4) is 0 Å². The first-order valence-corrected chi connectivity index (χ1v) is 8.18. The summed E-state index contributed by atoms with van der Waals surface area (Å²) in [7, 11) is 0. The summed E-state index contributed by atoms with van der Waals surface area (Å²) in [5, 5.41) is 2.53. The second kappa shape index (κ2) is 8.36. The number of ether oxygens (including phenoxy) is 2. The van der Waals surface area contributed by atoms with Gasteiger partial charge in [0.25, 0.3) is 5.91 Å². The fraction of sp³-hybridized carbons (Fsp3) is 0.0500. The van der Waals surface area contributed by atoms with Gasteiger partial charge in [-0.1, -0.05) is 35.9 Å². The van der Waals surface area contributed by atoms with Gasteiger partial charge < -0.3 is 14.8 Å². The maximum Gasteiger partial charge on any atom is 0.262 e. The molecule has 0 saturated carbocycles. The van der Waals surface area contributed by atoms with Crippen molar-refractivity contribution in [2.75, 3.05) is 11.9 Å². The van der Waals surface area contributed by atoms with Gasteiger partial charge in [-0.05, 0) is 42.5 Å². The standard InChI is InChI=1S/C20H15ClFNO3/c21-18-11-14(9-10-19(18)22)23-20(24)13-25-16-7-4-8-17(12-16)26-15-5-2-1-3-6-15/h1-12H,13H2,(H,23,24). The molecule has 0 fully saturated rings. The van der Waals surface area contributed by atoms with Gasteiger partial charge >= 0.3 is 0 Å². The molecule has 0 spiro atoms. The van der Waals surface area contributed by atoms with E-state index in [1.807, 2.05) is 30.3 Å². The highest BCUT2D eigenvalue weighted by atomic mass is 35.5. The summed E-state index contributed by atoms with van der Waals surface area (Å²) in [5.74, 6) is 0.860. The number of para-hydroxylation sites is 1. The molecule has 3 aromatic rings. The number of amides is 1. The van der Waals surface area contributed by atoms with E-state index in [4.69, 9.17) is 21.1 Å². The molecule has 0 aliphatic heterocycles. The quantitative estimate of drug-likeness (QED) is 0.640. The van der Waals surface area contributed by atoms with Gasteiger partial charge in [0.05, 0.1) is 5.02 Å². The zero-order chi connectivity index (χ0) is 18.4. The molecule has 0 atom stereocenters. The zero-order valence-electron chi connectivity index (χ0n) is 13.6. The third-order valence-electron chi connectivity index (χ3n) is 3.36. The van der Waals surface area contributed by atoms with E-state index in [-0.39, 0.29) is 17.5 Å². The van der Waals surface area contributed by atoms with Crippen LogP contribution in [-0.2, 0) is 4.79 Å². The molecule has 6 heteroatoms.